The lowest BCUT2D eigenvalue weighted by molar-refractivity contribution is 0.250. The summed E-state index contributed by atoms with van der Waals surface area (Å²) in [5.41, 5.74) is 3.41. The Morgan fingerprint density at radius 2 is 2.24 bits per heavy atom. The molecule has 2 heterocycles. The van der Waals surface area contributed by atoms with Crippen molar-refractivity contribution in [3.8, 4) is 11.5 Å². The summed E-state index contributed by atoms with van der Waals surface area (Å²) in [5.74, 6) is 1.44. The van der Waals surface area contributed by atoms with Gasteiger partial charge in [-0.3, -0.25) is 4.98 Å². The van der Waals surface area contributed by atoms with Gasteiger partial charge in [-0.25, -0.2) is 0 Å². The molecule has 0 aliphatic carbocycles. The fraction of sp³-hybridized carbons (Fsp3) is 0.312. The van der Waals surface area contributed by atoms with E-state index in [1.807, 2.05) is 31.2 Å². The molecule has 0 atom stereocenters. The van der Waals surface area contributed by atoms with Crippen LogP contribution in [0.25, 0.3) is 0 Å². The third-order valence-corrected chi connectivity index (χ3v) is 3.65. The molecule has 0 saturated heterocycles. The SMILES string of the molecule is Cc1ccc(OCc2cc(Cl)cc3c2OCC3)c(CO)n1. The van der Waals surface area contributed by atoms with Gasteiger partial charge in [-0.15, -0.1) is 0 Å². The van der Waals surface area contributed by atoms with Crippen molar-refractivity contribution >= 4 is 11.6 Å². The molecule has 3 rings (SSSR count). The molecule has 1 aliphatic heterocycles. The molecule has 1 aromatic heterocycles. The maximum atomic E-state index is 9.35. The average molecular weight is 306 g/mol. The van der Waals surface area contributed by atoms with Crippen LogP contribution in [0.15, 0.2) is 24.3 Å². The van der Waals surface area contributed by atoms with Crippen LogP contribution in [0.1, 0.15) is 22.5 Å². The fourth-order valence-electron chi connectivity index (χ4n) is 2.45. The van der Waals surface area contributed by atoms with Crippen LogP contribution in [0, 0.1) is 6.92 Å². The molecule has 0 unspecified atom stereocenters. The molecule has 0 bridgehead atoms. The summed E-state index contributed by atoms with van der Waals surface area (Å²) < 4.78 is 11.4. The number of hydrogen-bond donors (Lipinski definition) is 1. The van der Waals surface area contributed by atoms with Crippen molar-refractivity contribution in [3.05, 3.63) is 51.8 Å². The normalized spacial score (nSPS) is 12.9. The first-order valence-electron chi connectivity index (χ1n) is 6.81. The van der Waals surface area contributed by atoms with Crippen molar-refractivity contribution in [2.75, 3.05) is 6.61 Å². The van der Waals surface area contributed by atoms with Gasteiger partial charge in [0.15, 0.2) is 0 Å². The first kappa shape index (κ1) is 14.2. The van der Waals surface area contributed by atoms with Gasteiger partial charge in [0.25, 0.3) is 0 Å². The minimum atomic E-state index is -0.152. The molecule has 0 amide bonds. The molecule has 4 nitrogen and oxygen atoms in total. The Labute approximate surface area is 128 Å². The van der Waals surface area contributed by atoms with Gasteiger partial charge in [-0.2, -0.15) is 0 Å². The summed E-state index contributed by atoms with van der Waals surface area (Å²) in [6, 6.07) is 7.46. The monoisotopic (exact) mass is 305 g/mol. The Balaban J connectivity index is 1.83. The van der Waals surface area contributed by atoms with Gasteiger partial charge in [0.1, 0.15) is 23.8 Å². The lowest BCUT2D eigenvalue weighted by Gasteiger charge is -2.13. The molecular weight excluding hydrogens is 290 g/mol. The molecule has 2 aromatic rings. The fourth-order valence-corrected chi connectivity index (χ4v) is 2.71. The Bertz CT molecular complexity index is 673. The zero-order valence-electron chi connectivity index (χ0n) is 11.7. The van der Waals surface area contributed by atoms with Crippen molar-refractivity contribution in [2.24, 2.45) is 0 Å². The van der Waals surface area contributed by atoms with Crippen molar-refractivity contribution in [1.29, 1.82) is 0 Å². The molecule has 0 radical (unpaired) electrons. The van der Waals surface area contributed by atoms with E-state index >= 15 is 0 Å². The first-order chi connectivity index (χ1) is 10.2. The van der Waals surface area contributed by atoms with Crippen molar-refractivity contribution in [3.63, 3.8) is 0 Å². The molecule has 1 aromatic carbocycles. The number of fused-ring (bicyclic) bond motifs is 1. The molecule has 1 N–H and O–H groups in total. The minimum absolute atomic E-state index is 0.152. The number of aryl methyl sites for hydroxylation is 1. The van der Waals surface area contributed by atoms with Gasteiger partial charge in [0.05, 0.1) is 13.2 Å². The smallest absolute Gasteiger partial charge is 0.143 e. The van der Waals surface area contributed by atoms with E-state index in [1.54, 1.807) is 0 Å². The number of benzene rings is 1. The zero-order valence-corrected chi connectivity index (χ0v) is 12.5. The second-order valence-corrected chi connectivity index (χ2v) is 5.43. The third kappa shape index (κ3) is 2.96. The molecule has 1 aliphatic rings. The maximum absolute atomic E-state index is 9.35. The van der Waals surface area contributed by atoms with Crippen molar-refractivity contribution in [2.45, 2.75) is 26.6 Å². The minimum Gasteiger partial charge on any atom is -0.493 e. The average Bonchev–Trinajstić information content (AvgIpc) is 2.93. The van der Waals surface area contributed by atoms with Gasteiger partial charge in [-0.05, 0) is 36.8 Å². The second-order valence-electron chi connectivity index (χ2n) is 5.00. The van der Waals surface area contributed by atoms with E-state index in [1.165, 1.54) is 0 Å². The van der Waals surface area contributed by atoms with Gasteiger partial charge >= 0.3 is 0 Å². The van der Waals surface area contributed by atoms with E-state index < -0.39 is 0 Å². The molecular formula is C16H16ClNO3. The number of pyridine rings is 1. The zero-order chi connectivity index (χ0) is 14.8. The largest absolute Gasteiger partial charge is 0.493 e. The predicted octanol–water partition coefficient (Wildman–Crippen LogP) is 3.05. The van der Waals surface area contributed by atoms with E-state index in [4.69, 9.17) is 21.1 Å². The van der Waals surface area contributed by atoms with E-state index in [2.05, 4.69) is 4.98 Å². The standard InChI is InChI=1S/C16H16ClNO3/c1-10-2-3-15(14(8-19)18-10)21-9-12-7-13(17)6-11-4-5-20-16(11)12/h2-3,6-7,19H,4-5,8-9H2,1H3. The summed E-state index contributed by atoms with van der Waals surface area (Å²) >= 11 is 6.13. The molecule has 21 heavy (non-hydrogen) atoms. The maximum Gasteiger partial charge on any atom is 0.143 e. The van der Waals surface area contributed by atoms with Crippen molar-refractivity contribution < 1.29 is 14.6 Å². The van der Waals surface area contributed by atoms with Crippen LogP contribution in [-0.4, -0.2) is 16.7 Å². The summed E-state index contributed by atoms with van der Waals surface area (Å²) in [6.07, 6.45) is 0.872. The lowest BCUT2D eigenvalue weighted by Crippen LogP contribution is -2.03. The molecule has 5 heteroatoms. The molecule has 0 fully saturated rings. The summed E-state index contributed by atoms with van der Waals surface area (Å²) in [7, 11) is 0. The van der Waals surface area contributed by atoms with Crippen LogP contribution in [0.4, 0.5) is 0 Å². The van der Waals surface area contributed by atoms with Gasteiger partial charge in [0.2, 0.25) is 0 Å². The quantitative estimate of drug-likeness (QED) is 0.943. The van der Waals surface area contributed by atoms with Crippen LogP contribution in [0.2, 0.25) is 5.02 Å². The summed E-state index contributed by atoms with van der Waals surface area (Å²) in [6.45, 7) is 2.74. The number of aliphatic hydroxyl groups excluding tert-OH is 1. The van der Waals surface area contributed by atoms with Crippen LogP contribution in [0.3, 0.4) is 0 Å². The number of nitrogens with zero attached hydrogens (tertiary/aromatic N) is 1. The topological polar surface area (TPSA) is 51.6 Å². The second kappa shape index (κ2) is 5.92. The highest BCUT2D eigenvalue weighted by atomic mass is 35.5. The first-order valence-corrected chi connectivity index (χ1v) is 7.19. The Hall–Kier alpha value is -1.78. The number of ether oxygens (including phenoxy) is 2. The highest BCUT2D eigenvalue weighted by molar-refractivity contribution is 6.30. The molecule has 0 spiro atoms. The highest BCUT2D eigenvalue weighted by Crippen LogP contribution is 2.33. The van der Waals surface area contributed by atoms with Gasteiger partial charge < -0.3 is 14.6 Å². The van der Waals surface area contributed by atoms with Crippen LogP contribution in [0.5, 0.6) is 11.5 Å². The molecule has 0 saturated carbocycles. The molecule has 110 valence electrons. The van der Waals surface area contributed by atoms with E-state index in [9.17, 15) is 5.11 Å². The highest BCUT2D eigenvalue weighted by Gasteiger charge is 2.18. The summed E-state index contributed by atoms with van der Waals surface area (Å²) in [5, 5.41) is 10.0. The Morgan fingerprint density at radius 1 is 1.38 bits per heavy atom. The predicted molar refractivity (Wildman–Crippen MR) is 79.9 cm³/mol. The third-order valence-electron chi connectivity index (χ3n) is 3.43. The van der Waals surface area contributed by atoms with E-state index in [0.29, 0.717) is 29.7 Å². The Morgan fingerprint density at radius 3 is 3.05 bits per heavy atom. The Kier molecular flexibility index (Phi) is 3.99. The van der Waals surface area contributed by atoms with Gasteiger partial charge in [0, 0.05) is 22.7 Å². The number of hydrogen-bond acceptors (Lipinski definition) is 4. The van der Waals surface area contributed by atoms with E-state index in [0.717, 1.165) is 29.0 Å². The van der Waals surface area contributed by atoms with Crippen molar-refractivity contribution in [1.82, 2.24) is 4.98 Å². The lowest BCUT2D eigenvalue weighted by atomic mass is 10.1. The van der Waals surface area contributed by atoms with Crippen LogP contribution < -0.4 is 9.47 Å². The summed E-state index contributed by atoms with van der Waals surface area (Å²) in [4.78, 5) is 4.26. The van der Waals surface area contributed by atoms with Crippen LogP contribution in [-0.2, 0) is 19.6 Å². The number of aliphatic hydroxyl groups is 1. The number of rotatable bonds is 4. The van der Waals surface area contributed by atoms with Crippen LogP contribution >= 0.6 is 11.6 Å². The van der Waals surface area contributed by atoms with E-state index in [-0.39, 0.29) is 6.61 Å². The number of halogens is 1. The number of aromatic nitrogens is 1. The van der Waals surface area contributed by atoms with Gasteiger partial charge in [-0.1, -0.05) is 11.6 Å².